The number of rotatable bonds is 3. The minimum Gasteiger partial charge on any atom is -0.490 e. The maximum absolute atomic E-state index is 8.94. The second-order valence-corrected chi connectivity index (χ2v) is 4.42. The van der Waals surface area contributed by atoms with E-state index < -0.39 is 0 Å². The van der Waals surface area contributed by atoms with Gasteiger partial charge in [0.1, 0.15) is 11.9 Å². The molecule has 1 aromatic rings. The molecule has 1 aromatic carbocycles. The van der Waals surface area contributed by atoms with Gasteiger partial charge < -0.3 is 15.2 Å². The second-order valence-electron chi connectivity index (χ2n) is 4.42. The van der Waals surface area contributed by atoms with Gasteiger partial charge >= 0.3 is 0 Å². The van der Waals surface area contributed by atoms with E-state index in [4.69, 9.17) is 9.84 Å². The monoisotopic (exact) mass is 221 g/mol. The SMILES string of the molecule is CC1CC(Oc2ccc(CO)cc2)CCN1. The van der Waals surface area contributed by atoms with Crippen LogP contribution in [0, 0.1) is 0 Å². The van der Waals surface area contributed by atoms with E-state index in [1.54, 1.807) is 0 Å². The summed E-state index contributed by atoms with van der Waals surface area (Å²) in [5, 5.41) is 12.3. The van der Waals surface area contributed by atoms with Crippen LogP contribution in [0.5, 0.6) is 5.75 Å². The fourth-order valence-electron chi connectivity index (χ4n) is 2.06. The second kappa shape index (κ2) is 5.32. The van der Waals surface area contributed by atoms with E-state index in [1.165, 1.54) is 0 Å². The standard InChI is InChI=1S/C13H19NO2/c1-10-8-13(6-7-14-10)16-12-4-2-11(9-15)3-5-12/h2-5,10,13-15H,6-9H2,1H3. The van der Waals surface area contributed by atoms with E-state index in [9.17, 15) is 0 Å². The topological polar surface area (TPSA) is 41.5 Å². The molecule has 2 unspecified atom stereocenters. The molecule has 0 aromatic heterocycles. The molecule has 2 N–H and O–H groups in total. The molecule has 2 rings (SSSR count). The molecule has 1 saturated heterocycles. The van der Waals surface area contributed by atoms with Gasteiger partial charge in [0.05, 0.1) is 6.61 Å². The summed E-state index contributed by atoms with van der Waals surface area (Å²) in [6.45, 7) is 3.30. The number of hydrogen-bond donors (Lipinski definition) is 2. The maximum Gasteiger partial charge on any atom is 0.119 e. The molecule has 16 heavy (non-hydrogen) atoms. The number of piperidine rings is 1. The van der Waals surface area contributed by atoms with Crippen LogP contribution in [0.4, 0.5) is 0 Å². The average Bonchev–Trinajstić information content (AvgIpc) is 2.30. The molecule has 0 saturated carbocycles. The molecule has 0 aliphatic carbocycles. The van der Waals surface area contributed by atoms with Crippen molar-refractivity contribution in [2.45, 2.75) is 38.5 Å². The smallest absolute Gasteiger partial charge is 0.119 e. The Kier molecular flexibility index (Phi) is 3.80. The Morgan fingerprint density at radius 1 is 1.38 bits per heavy atom. The molecule has 1 heterocycles. The van der Waals surface area contributed by atoms with Crippen LogP contribution in [0.2, 0.25) is 0 Å². The summed E-state index contributed by atoms with van der Waals surface area (Å²) >= 11 is 0. The number of ether oxygens (including phenoxy) is 1. The zero-order chi connectivity index (χ0) is 11.4. The highest BCUT2D eigenvalue weighted by atomic mass is 16.5. The lowest BCUT2D eigenvalue weighted by Gasteiger charge is -2.28. The molecule has 88 valence electrons. The minimum atomic E-state index is 0.0880. The van der Waals surface area contributed by atoms with Crippen molar-refractivity contribution in [2.75, 3.05) is 6.54 Å². The first-order valence-electron chi connectivity index (χ1n) is 5.88. The predicted molar refractivity (Wildman–Crippen MR) is 63.5 cm³/mol. The molecule has 1 fully saturated rings. The van der Waals surface area contributed by atoms with Gasteiger partial charge in [-0.3, -0.25) is 0 Å². The lowest BCUT2D eigenvalue weighted by molar-refractivity contribution is 0.144. The van der Waals surface area contributed by atoms with Gasteiger partial charge in [0.15, 0.2) is 0 Å². The first kappa shape index (κ1) is 11.4. The molecule has 0 radical (unpaired) electrons. The number of hydrogen-bond acceptors (Lipinski definition) is 3. The lowest BCUT2D eigenvalue weighted by Crippen LogP contribution is -2.40. The first-order chi connectivity index (χ1) is 7.78. The van der Waals surface area contributed by atoms with Crippen molar-refractivity contribution >= 4 is 0 Å². The van der Waals surface area contributed by atoms with Crippen LogP contribution >= 0.6 is 0 Å². The molecule has 0 spiro atoms. The summed E-state index contributed by atoms with van der Waals surface area (Å²) in [6, 6.07) is 8.20. The number of benzene rings is 1. The molecule has 1 aliphatic rings. The molecule has 0 bridgehead atoms. The highest BCUT2D eigenvalue weighted by Gasteiger charge is 2.19. The van der Waals surface area contributed by atoms with Crippen LogP contribution in [0.3, 0.4) is 0 Å². The zero-order valence-corrected chi connectivity index (χ0v) is 9.65. The van der Waals surface area contributed by atoms with Crippen LogP contribution in [0.1, 0.15) is 25.3 Å². The van der Waals surface area contributed by atoms with Gasteiger partial charge in [0, 0.05) is 6.04 Å². The Hall–Kier alpha value is -1.06. The van der Waals surface area contributed by atoms with E-state index >= 15 is 0 Å². The summed E-state index contributed by atoms with van der Waals surface area (Å²) in [7, 11) is 0. The summed E-state index contributed by atoms with van der Waals surface area (Å²) in [5.41, 5.74) is 0.922. The zero-order valence-electron chi connectivity index (χ0n) is 9.65. The van der Waals surface area contributed by atoms with Gasteiger partial charge in [-0.05, 0) is 44.0 Å². The third-order valence-electron chi connectivity index (χ3n) is 2.98. The molecule has 0 amide bonds. The maximum atomic E-state index is 8.94. The quantitative estimate of drug-likeness (QED) is 0.816. The van der Waals surface area contributed by atoms with Crippen LogP contribution in [0.15, 0.2) is 24.3 Å². The van der Waals surface area contributed by atoms with Crippen LogP contribution in [0.25, 0.3) is 0 Å². The Balaban J connectivity index is 1.92. The van der Waals surface area contributed by atoms with Crippen molar-refractivity contribution in [3.05, 3.63) is 29.8 Å². The Labute approximate surface area is 96.4 Å². The molecular weight excluding hydrogens is 202 g/mol. The largest absolute Gasteiger partial charge is 0.490 e. The molecule has 1 aliphatic heterocycles. The van der Waals surface area contributed by atoms with E-state index in [1.807, 2.05) is 24.3 Å². The normalized spacial score (nSPS) is 25.4. The predicted octanol–water partition coefficient (Wildman–Crippen LogP) is 1.70. The van der Waals surface area contributed by atoms with Crippen LogP contribution in [-0.4, -0.2) is 23.8 Å². The molecule has 3 nitrogen and oxygen atoms in total. The third kappa shape index (κ3) is 2.97. The summed E-state index contributed by atoms with van der Waals surface area (Å²) in [6.07, 6.45) is 2.43. The summed E-state index contributed by atoms with van der Waals surface area (Å²) in [5.74, 6) is 0.899. The van der Waals surface area contributed by atoms with E-state index in [-0.39, 0.29) is 6.61 Å². The van der Waals surface area contributed by atoms with Crippen molar-refractivity contribution in [3.63, 3.8) is 0 Å². The highest BCUT2D eigenvalue weighted by molar-refractivity contribution is 5.27. The van der Waals surface area contributed by atoms with Crippen LogP contribution in [-0.2, 0) is 6.61 Å². The van der Waals surface area contributed by atoms with Crippen molar-refractivity contribution in [2.24, 2.45) is 0 Å². The van der Waals surface area contributed by atoms with Gasteiger partial charge in [-0.25, -0.2) is 0 Å². The lowest BCUT2D eigenvalue weighted by atomic mass is 10.0. The minimum absolute atomic E-state index is 0.0880. The van der Waals surface area contributed by atoms with E-state index in [0.717, 1.165) is 30.7 Å². The Bertz CT molecular complexity index is 323. The first-order valence-corrected chi connectivity index (χ1v) is 5.88. The van der Waals surface area contributed by atoms with Crippen molar-refractivity contribution in [3.8, 4) is 5.75 Å². The van der Waals surface area contributed by atoms with Crippen molar-refractivity contribution < 1.29 is 9.84 Å². The molecule has 2 atom stereocenters. The Morgan fingerprint density at radius 2 is 2.12 bits per heavy atom. The Morgan fingerprint density at radius 3 is 2.75 bits per heavy atom. The van der Waals surface area contributed by atoms with E-state index in [2.05, 4.69) is 12.2 Å². The van der Waals surface area contributed by atoms with Crippen molar-refractivity contribution in [1.29, 1.82) is 0 Å². The van der Waals surface area contributed by atoms with Gasteiger partial charge in [0.2, 0.25) is 0 Å². The number of nitrogens with one attached hydrogen (secondary N) is 1. The highest BCUT2D eigenvalue weighted by Crippen LogP contribution is 2.19. The summed E-state index contributed by atoms with van der Waals surface area (Å²) in [4.78, 5) is 0. The fourth-order valence-corrected chi connectivity index (χ4v) is 2.06. The summed E-state index contributed by atoms with van der Waals surface area (Å²) < 4.78 is 5.90. The molecule has 3 heteroatoms. The fraction of sp³-hybridized carbons (Fsp3) is 0.538. The van der Waals surface area contributed by atoms with Crippen molar-refractivity contribution in [1.82, 2.24) is 5.32 Å². The van der Waals surface area contributed by atoms with Gasteiger partial charge in [-0.15, -0.1) is 0 Å². The van der Waals surface area contributed by atoms with Crippen LogP contribution < -0.4 is 10.1 Å². The van der Waals surface area contributed by atoms with Gasteiger partial charge in [-0.2, -0.15) is 0 Å². The van der Waals surface area contributed by atoms with E-state index in [0.29, 0.717) is 12.1 Å². The number of aliphatic hydroxyl groups is 1. The average molecular weight is 221 g/mol. The molecular formula is C13H19NO2. The van der Waals surface area contributed by atoms with Gasteiger partial charge in [0.25, 0.3) is 0 Å². The third-order valence-corrected chi connectivity index (χ3v) is 2.98. The number of aliphatic hydroxyl groups excluding tert-OH is 1. The van der Waals surface area contributed by atoms with Gasteiger partial charge in [-0.1, -0.05) is 12.1 Å².